The lowest BCUT2D eigenvalue weighted by atomic mass is 10.1. The van der Waals surface area contributed by atoms with Crippen molar-refractivity contribution in [2.24, 2.45) is 0 Å². The molecule has 6 aromatic rings. The number of hydrogen-bond donors (Lipinski definition) is 0. The maximum Gasteiger partial charge on any atom is 0.0991 e. The van der Waals surface area contributed by atoms with Crippen LogP contribution in [0.15, 0.2) is 84.9 Å². The number of nitrogens with zero attached hydrogens (tertiary/aromatic N) is 2. The molecule has 2 nitrogen and oxygen atoms in total. The molecule has 0 aliphatic carbocycles. The topological polar surface area (TPSA) is 47.6 Å². The van der Waals surface area contributed by atoms with Gasteiger partial charge in [-0.05, 0) is 71.8 Å². The second-order valence-corrected chi connectivity index (χ2v) is 12.0. The Hall–Kier alpha value is -3.52. The number of hydrogen-bond acceptors (Lipinski definition) is 6. The molecule has 0 N–H and O–H groups in total. The normalized spacial score (nSPS) is 10.9. The van der Waals surface area contributed by atoms with E-state index in [1.54, 1.807) is 22.7 Å². The zero-order valence-corrected chi connectivity index (χ0v) is 20.9. The first-order valence-corrected chi connectivity index (χ1v) is 13.7. The maximum atomic E-state index is 9.01. The number of fused-ring (bicyclic) bond motifs is 1. The highest BCUT2D eigenvalue weighted by Crippen LogP contribution is 2.46. The van der Waals surface area contributed by atoms with Crippen molar-refractivity contribution in [3.05, 3.63) is 96.1 Å². The van der Waals surface area contributed by atoms with Crippen molar-refractivity contribution >= 4 is 54.7 Å². The molecule has 0 saturated heterocycles. The first-order chi connectivity index (χ1) is 16.7. The van der Waals surface area contributed by atoms with Gasteiger partial charge in [0.05, 0.1) is 23.3 Å². The van der Waals surface area contributed by atoms with Crippen LogP contribution < -0.4 is 0 Å². The van der Waals surface area contributed by atoms with Crippen LogP contribution in [0.5, 0.6) is 0 Å². The summed E-state index contributed by atoms with van der Waals surface area (Å²) in [6, 6.07) is 33.2. The Kier molecular flexibility index (Phi) is 5.37. The van der Waals surface area contributed by atoms with E-state index in [9.17, 15) is 0 Å². The number of rotatable bonds is 4. The summed E-state index contributed by atoms with van der Waals surface area (Å²) in [5, 5.41) is 18.0. The third-order valence-corrected chi connectivity index (χ3v) is 10.5. The highest BCUT2D eigenvalue weighted by atomic mass is 32.1. The molecule has 0 radical (unpaired) electrons. The van der Waals surface area contributed by atoms with Crippen LogP contribution in [0.25, 0.3) is 49.8 Å². The van der Waals surface area contributed by atoms with E-state index in [1.165, 1.54) is 38.7 Å². The number of thiophene rings is 4. The van der Waals surface area contributed by atoms with Crippen LogP contribution in [0.4, 0.5) is 0 Å². The van der Waals surface area contributed by atoms with Gasteiger partial charge >= 0.3 is 0 Å². The Morgan fingerprint density at radius 3 is 1.18 bits per heavy atom. The highest BCUT2D eigenvalue weighted by molar-refractivity contribution is 7.33. The summed E-state index contributed by atoms with van der Waals surface area (Å²) in [4.78, 5) is 7.56. The average molecular weight is 507 g/mol. The van der Waals surface area contributed by atoms with Crippen molar-refractivity contribution in [1.29, 1.82) is 10.5 Å². The third kappa shape index (κ3) is 3.88. The minimum Gasteiger partial charge on any atom is -0.192 e. The Balaban J connectivity index is 1.25. The lowest BCUT2D eigenvalue weighted by Gasteiger charge is -1.97. The van der Waals surface area contributed by atoms with E-state index in [-0.39, 0.29) is 0 Å². The van der Waals surface area contributed by atoms with E-state index >= 15 is 0 Å². The molecule has 0 unspecified atom stereocenters. The second kappa shape index (κ2) is 8.68. The molecule has 6 heteroatoms. The van der Waals surface area contributed by atoms with Gasteiger partial charge in [-0.3, -0.25) is 0 Å². The summed E-state index contributed by atoms with van der Waals surface area (Å²) in [5.74, 6) is 0. The van der Waals surface area contributed by atoms with E-state index in [0.29, 0.717) is 11.1 Å². The van der Waals surface area contributed by atoms with Gasteiger partial charge in [0.25, 0.3) is 0 Å². The lowest BCUT2D eigenvalue weighted by molar-refractivity contribution is 1.49. The third-order valence-electron chi connectivity index (χ3n) is 5.50. The first-order valence-electron chi connectivity index (χ1n) is 10.4. The minimum absolute atomic E-state index is 0.685. The van der Waals surface area contributed by atoms with Gasteiger partial charge in [0.2, 0.25) is 0 Å². The smallest absolute Gasteiger partial charge is 0.0991 e. The van der Waals surface area contributed by atoms with Gasteiger partial charge in [0.1, 0.15) is 0 Å². The SMILES string of the molecule is N#Cc1ccc(-c2ccc(-c3cc4sc(-c5ccc(-c6ccc(C#N)cc6)s5)cc4s3)s2)cc1. The Morgan fingerprint density at radius 2 is 0.794 bits per heavy atom. The van der Waals surface area contributed by atoms with Crippen molar-refractivity contribution in [2.75, 3.05) is 0 Å². The largest absolute Gasteiger partial charge is 0.192 e. The molecule has 0 saturated carbocycles. The standard InChI is InChI=1S/C28H14N2S4/c29-15-17-1-5-19(6-2-17)21-9-11-23(31-21)25-13-27-28(33-25)14-26(34-27)24-12-10-22(32-24)20-7-3-18(16-30)4-8-20/h1-14H. The Morgan fingerprint density at radius 1 is 0.412 bits per heavy atom. The molecule has 34 heavy (non-hydrogen) atoms. The molecule has 4 aromatic heterocycles. The van der Waals surface area contributed by atoms with Crippen LogP contribution >= 0.6 is 45.3 Å². The van der Waals surface area contributed by atoms with Crippen molar-refractivity contribution in [1.82, 2.24) is 0 Å². The molecule has 6 rings (SSSR count). The van der Waals surface area contributed by atoms with Crippen LogP contribution in [0.2, 0.25) is 0 Å². The molecule has 4 heterocycles. The molecule has 0 amide bonds. The molecule has 0 bridgehead atoms. The fourth-order valence-corrected chi connectivity index (χ4v) is 8.33. The van der Waals surface area contributed by atoms with Crippen LogP contribution in [0, 0.1) is 22.7 Å². The monoisotopic (exact) mass is 506 g/mol. The van der Waals surface area contributed by atoms with Gasteiger partial charge in [-0.1, -0.05) is 24.3 Å². The van der Waals surface area contributed by atoms with Crippen molar-refractivity contribution in [3.63, 3.8) is 0 Å². The van der Waals surface area contributed by atoms with E-state index in [2.05, 4.69) is 48.5 Å². The van der Waals surface area contributed by atoms with Gasteiger partial charge in [0.15, 0.2) is 0 Å². The minimum atomic E-state index is 0.685. The lowest BCUT2D eigenvalue weighted by Crippen LogP contribution is -1.74. The van der Waals surface area contributed by atoms with Gasteiger partial charge in [-0.15, -0.1) is 45.3 Å². The summed E-state index contributed by atoms with van der Waals surface area (Å²) < 4.78 is 2.63. The van der Waals surface area contributed by atoms with Crippen molar-refractivity contribution in [3.8, 4) is 52.5 Å². The zero-order chi connectivity index (χ0) is 23.1. The van der Waals surface area contributed by atoms with Gasteiger partial charge in [-0.2, -0.15) is 10.5 Å². The zero-order valence-electron chi connectivity index (χ0n) is 17.6. The van der Waals surface area contributed by atoms with Crippen LogP contribution in [0.3, 0.4) is 0 Å². The summed E-state index contributed by atoms with van der Waals surface area (Å²) in [5.41, 5.74) is 3.66. The fourth-order valence-electron chi connectivity index (χ4n) is 3.75. The van der Waals surface area contributed by atoms with Gasteiger partial charge in [0, 0.05) is 38.7 Å². The fraction of sp³-hybridized carbons (Fsp3) is 0. The van der Waals surface area contributed by atoms with Crippen molar-refractivity contribution < 1.29 is 0 Å². The Bertz CT molecular complexity index is 1560. The molecule has 0 fully saturated rings. The van der Waals surface area contributed by atoms with Crippen LogP contribution in [0.1, 0.15) is 11.1 Å². The molecule has 0 aliphatic rings. The first kappa shape index (κ1) is 21.0. The Labute approximate surface area is 212 Å². The summed E-state index contributed by atoms with van der Waals surface area (Å²) in [6.45, 7) is 0. The second-order valence-electron chi connectivity index (χ2n) is 7.66. The summed E-state index contributed by atoms with van der Waals surface area (Å²) in [6.07, 6.45) is 0. The van der Waals surface area contributed by atoms with Crippen molar-refractivity contribution in [2.45, 2.75) is 0 Å². The molecule has 160 valence electrons. The highest BCUT2D eigenvalue weighted by Gasteiger charge is 2.14. The average Bonchev–Trinajstić information content (AvgIpc) is 3.67. The predicted octanol–water partition coefficient (Wildman–Crippen LogP) is 9.50. The predicted molar refractivity (Wildman–Crippen MR) is 147 cm³/mol. The molecule has 2 aromatic carbocycles. The molecule has 0 aliphatic heterocycles. The molecule has 0 atom stereocenters. The number of benzene rings is 2. The van der Waals surface area contributed by atoms with Crippen LogP contribution in [-0.4, -0.2) is 0 Å². The van der Waals surface area contributed by atoms with Crippen LogP contribution in [-0.2, 0) is 0 Å². The summed E-state index contributed by atoms with van der Waals surface area (Å²) in [7, 11) is 0. The maximum absolute atomic E-state index is 9.01. The van der Waals surface area contributed by atoms with E-state index in [1.807, 2.05) is 71.2 Å². The number of nitriles is 2. The molecular formula is C28H14N2S4. The molecule has 0 spiro atoms. The molecular weight excluding hydrogens is 493 g/mol. The quantitative estimate of drug-likeness (QED) is 0.239. The van der Waals surface area contributed by atoms with E-state index in [0.717, 1.165) is 11.1 Å². The van der Waals surface area contributed by atoms with Gasteiger partial charge in [-0.25, -0.2) is 0 Å². The van der Waals surface area contributed by atoms with Gasteiger partial charge < -0.3 is 0 Å². The van der Waals surface area contributed by atoms with E-state index in [4.69, 9.17) is 10.5 Å². The summed E-state index contributed by atoms with van der Waals surface area (Å²) >= 11 is 7.26. The van der Waals surface area contributed by atoms with E-state index < -0.39 is 0 Å².